The van der Waals surface area contributed by atoms with Crippen molar-refractivity contribution in [1.82, 2.24) is 24.5 Å². The Bertz CT molecular complexity index is 1260. The van der Waals surface area contributed by atoms with Crippen molar-refractivity contribution in [3.05, 3.63) is 86.0 Å². The van der Waals surface area contributed by atoms with Gasteiger partial charge >= 0.3 is 6.18 Å². The van der Waals surface area contributed by atoms with E-state index < -0.39 is 11.7 Å². The average Bonchev–Trinajstić information content (AvgIpc) is 3.41. The molecule has 0 radical (unpaired) electrons. The van der Waals surface area contributed by atoms with Crippen LogP contribution >= 0.6 is 11.9 Å². The molecule has 0 bridgehead atoms. The number of benzene rings is 1. The predicted molar refractivity (Wildman–Crippen MR) is 120 cm³/mol. The standard InChI is InChI=1S/C22H19F3N6S/c1-3-10-29-21-16(13-27-29)6-5-7-19(21)31(11-4-2)32-18-14-28-30(15-18)20-12-17(8-9-26-20)22(23,24)25/h3-9,12-15H,1-2,10-11H2. The number of fused-ring (bicyclic) bond motifs is 1. The second-order valence-electron chi connectivity index (χ2n) is 6.79. The minimum atomic E-state index is -4.45. The van der Waals surface area contributed by atoms with Gasteiger partial charge < -0.3 is 4.31 Å². The number of allylic oxidation sites excluding steroid dienone is 1. The fraction of sp³-hybridized carbons (Fsp3) is 0.136. The molecule has 0 aliphatic rings. The van der Waals surface area contributed by atoms with Crippen molar-refractivity contribution < 1.29 is 13.2 Å². The third-order valence-electron chi connectivity index (χ3n) is 4.59. The van der Waals surface area contributed by atoms with E-state index in [1.54, 1.807) is 30.7 Å². The van der Waals surface area contributed by atoms with E-state index in [0.717, 1.165) is 39.8 Å². The van der Waals surface area contributed by atoms with Crippen molar-refractivity contribution in [2.75, 3.05) is 10.8 Å². The Morgan fingerprint density at radius 2 is 1.94 bits per heavy atom. The lowest BCUT2D eigenvalue weighted by Gasteiger charge is -2.22. The summed E-state index contributed by atoms with van der Waals surface area (Å²) in [5, 5.41) is 9.62. The van der Waals surface area contributed by atoms with Crippen LogP contribution in [0.2, 0.25) is 0 Å². The number of nitrogens with zero attached hydrogens (tertiary/aromatic N) is 6. The number of halogens is 3. The fourth-order valence-corrected chi connectivity index (χ4v) is 4.14. The highest BCUT2D eigenvalue weighted by Gasteiger charge is 2.31. The molecular formula is C22H19F3N6S. The molecule has 4 aromatic rings. The van der Waals surface area contributed by atoms with Gasteiger partial charge in [-0.1, -0.05) is 24.3 Å². The summed E-state index contributed by atoms with van der Waals surface area (Å²) >= 11 is 1.40. The van der Waals surface area contributed by atoms with Gasteiger partial charge in [0.2, 0.25) is 0 Å². The molecule has 0 amide bonds. The van der Waals surface area contributed by atoms with Crippen LogP contribution in [0.3, 0.4) is 0 Å². The number of rotatable bonds is 8. The minimum absolute atomic E-state index is 0.0908. The fourth-order valence-electron chi connectivity index (χ4n) is 3.21. The van der Waals surface area contributed by atoms with Gasteiger partial charge in [0.1, 0.15) is 0 Å². The average molecular weight is 456 g/mol. The Morgan fingerprint density at radius 3 is 2.69 bits per heavy atom. The number of anilines is 1. The molecule has 0 spiro atoms. The minimum Gasteiger partial charge on any atom is -0.306 e. The van der Waals surface area contributed by atoms with E-state index in [0.29, 0.717) is 13.1 Å². The molecule has 6 nitrogen and oxygen atoms in total. The van der Waals surface area contributed by atoms with Crippen LogP contribution in [0.1, 0.15) is 5.56 Å². The molecule has 0 saturated carbocycles. The lowest BCUT2D eigenvalue weighted by molar-refractivity contribution is -0.137. The molecule has 0 unspecified atom stereocenters. The molecule has 0 fully saturated rings. The third-order valence-corrected chi connectivity index (χ3v) is 5.58. The summed E-state index contributed by atoms with van der Waals surface area (Å²) in [6.45, 7) is 8.72. The summed E-state index contributed by atoms with van der Waals surface area (Å²) in [4.78, 5) is 4.75. The molecular weight excluding hydrogens is 437 g/mol. The van der Waals surface area contributed by atoms with E-state index in [9.17, 15) is 13.2 Å². The molecule has 0 N–H and O–H groups in total. The van der Waals surface area contributed by atoms with Crippen molar-refractivity contribution in [2.24, 2.45) is 0 Å². The van der Waals surface area contributed by atoms with Crippen molar-refractivity contribution in [3.8, 4) is 5.82 Å². The molecule has 3 heterocycles. The van der Waals surface area contributed by atoms with Crippen LogP contribution < -0.4 is 4.31 Å². The normalized spacial score (nSPS) is 11.6. The first-order valence-corrected chi connectivity index (χ1v) is 10.4. The summed E-state index contributed by atoms with van der Waals surface area (Å²) in [5.74, 6) is 0.0908. The summed E-state index contributed by atoms with van der Waals surface area (Å²) in [6, 6.07) is 7.82. The Morgan fingerprint density at radius 1 is 1.09 bits per heavy atom. The van der Waals surface area contributed by atoms with Gasteiger partial charge in [-0.15, -0.1) is 13.2 Å². The summed E-state index contributed by atoms with van der Waals surface area (Å²) in [7, 11) is 0. The van der Waals surface area contributed by atoms with Crippen LogP contribution in [0.4, 0.5) is 18.9 Å². The van der Waals surface area contributed by atoms with Gasteiger partial charge in [0.25, 0.3) is 0 Å². The van der Waals surface area contributed by atoms with Crippen LogP contribution in [-0.2, 0) is 12.7 Å². The van der Waals surface area contributed by atoms with Crippen LogP contribution in [0.15, 0.2) is 85.3 Å². The van der Waals surface area contributed by atoms with E-state index >= 15 is 0 Å². The molecule has 0 saturated heterocycles. The number of alkyl halides is 3. The first-order valence-electron chi connectivity index (χ1n) is 9.61. The largest absolute Gasteiger partial charge is 0.416 e. The SMILES string of the molecule is C=CCN(Sc1cnn(-c2cc(C(F)(F)F)ccn2)c1)c1cccc2cnn(CC=C)c12. The smallest absolute Gasteiger partial charge is 0.306 e. The number of aromatic nitrogens is 5. The third kappa shape index (κ3) is 4.40. The van der Waals surface area contributed by atoms with Crippen molar-refractivity contribution in [2.45, 2.75) is 17.6 Å². The first-order chi connectivity index (χ1) is 15.4. The van der Waals surface area contributed by atoms with E-state index in [1.165, 1.54) is 16.6 Å². The lowest BCUT2D eigenvalue weighted by Crippen LogP contribution is -2.15. The topological polar surface area (TPSA) is 51.8 Å². The van der Waals surface area contributed by atoms with Gasteiger partial charge in [-0.3, -0.25) is 4.68 Å². The molecule has 164 valence electrons. The zero-order chi connectivity index (χ0) is 22.7. The van der Waals surface area contributed by atoms with Crippen molar-refractivity contribution in [3.63, 3.8) is 0 Å². The maximum absolute atomic E-state index is 13.0. The Kier molecular flexibility index (Phi) is 6.04. The highest BCUT2D eigenvalue weighted by atomic mass is 32.2. The second kappa shape index (κ2) is 8.91. The quantitative estimate of drug-likeness (QED) is 0.258. The molecule has 0 aliphatic heterocycles. The van der Waals surface area contributed by atoms with Crippen molar-refractivity contribution >= 4 is 28.5 Å². The zero-order valence-electron chi connectivity index (χ0n) is 16.9. The van der Waals surface area contributed by atoms with Gasteiger partial charge in [0.05, 0.1) is 40.6 Å². The molecule has 32 heavy (non-hydrogen) atoms. The molecule has 1 aromatic carbocycles. The van der Waals surface area contributed by atoms with Crippen LogP contribution in [-0.4, -0.2) is 31.1 Å². The zero-order valence-corrected chi connectivity index (χ0v) is 17.7. The lowest BCUT2D eigenvalue weighted by atomic mass is 10.2. The van der Waals surface area contributed by atoms with Gasteiger partial charge in [0.15, 0.2) is 5.82 Å². The second-order valence-corrected chi connectivity index (χ2v) is 7.89. The van der Waals surface area contributed by atoms with Gasteiger partial charge in [-0.05, 0) is 30.1 Å². The molecule has 0 atom stereocenters. The van der Waals surface area contributed by atoms with E-state index in [2.05, 4.69) is 28.3 Å². The van der Waals surface area contributed by atoms with Crippen LogP contribution in [0.5, 0.6) is 0 Å². The number of hydrogen-bond acceptors (Lipinski definition) is 5. The highest BCUT2D eigenvalue weighted by molar-refractivity contribution is 8.00. The number of pyridine rings is 1. The molecule has 10 heteroatoms. The highest BCUT2D eigenvalue weighted by Crippen LogP contribution is 2.35. The maximum atomic E-state index is 13.0. The van der Waals surface area contributed by atoms with E-state index in [4.69, 9.17) is 0 Å². The Balaban J connectivity index is 1.66. The van der Waals surface area contributed by atoms with Crippen LogP contribution in [0.25, 0.3) is 16.7 Å². The van der Waals surface area contributed by atoms with E-state index in [1.807, 2.05) is 27.2 Å². The maximum Gasteiger partial charge on any atom is 0.416 e. The number of para-hydroxylation sites is 1. The van der Waals surface area contributed by atoms with E-state index in [-0.39, 0.29) is 5.82 Å². The monoisotopic (exact) mass is 456 g/mol. The summed E-state index contributed by atoms with van der Waals surface area (Å²) < 4.78 is 44.3. The molecule has 3 aromatic heterocycles. The Hall–Kier alpha value is -3.53. The predicted octanol–water partition coefficient (Wildman–Crippen LogP) is 5.52. The molecule has 0 aliphatic carbocycles. The van der Waals surface area contributed by atoms with Gasteiger partial charge in [-0.25, -0.2) is 9.67 Å². The number of hydrogen-bond donors (Lipinski definition) is 0. The van der Waals surface area contributed by atoms with Gasteiger partial charge in [-0.2, -0.15) is 23.4 Å². The van der Waals surface area contributed by atoms with Gasteiger partial charge in [0, 0.05) is 24.3 Å². The molecule has 4 rings (SSSR count). The Labute approximate surface area is 186 Å². The summed E-state index contributed by atoms with van der Waals surface area (Å²) in [6.07, 6.45) is 5.26. The van der Waals surface area contributed by atoms with Crippen molar-refractivity contribution in [1.29, 1.82) is 0 Å². The first kappa shape index (κ1) is 21.7. The summed E-state index contributed by atoms with van der Waals surface area (Å²) in [5.41, 5.74) is 1.10. The van der Waals surface area contributed by atoms with Crippen LogP contribution in [0, 0.1) is 0 Å².